The number of ether oxygens (including phenoxy) is 1. The molecule has 6 nitrogen and oxygen atoms in total. The number of rotatable bonds is 7. The van der Waals surface area contributed by atoms with Gasteiger partial charge in [0, 0.05) is 26.7 Å². The third-order valence-electron chi connectivity index (χ3n) is 4.05. The Balaban J connectivity index is 1.81. The van der Waals surface area contributed by atoms with Gasteiger partial charge in [-0.15, -0.1) is 5.10 Å². The minimum Gasteiger partial charge on any atom is -0.407 e. The van der Waals surface area contributed by atoms with Gasteiger partial charge >= 0.3 is 6.01 Å². The topological polar surface area (TPSA) is 63.4 Å². The summed E-state index contributed by atoms with van der Waals surface area (Å²) in [5.41, 5.74) is 0. The molecule has 114 valence electrons. The third-order valence-corrected chi connectivity index (χ3v) is 4.05. The molecule has 1 N–H and O–H groups in total. The zero-order chi connectivity index (χ0) is 14.4. The van der Waals surface area contributed by atoms with Crippen LogP contribution in [0.1, 0.15) is 38.5 Å². The number of nitrogens with one attached hydrogen (secondary N) is 1. The van der Waals surface area contributed by atoms with Crippen molar-refractivity contribution in [1.29, 1.82) is 0 Å². The monoisotopic (exact) mass is 282 g/mol. The van der Waals surface area contributed by atoms with E-state index in [4.69, 9.17) is 9.15 Å². The minimum absolute atomic E-state index is 0.529. The van der Waals surface area contributed by atoms with Gasteiger partial charge in [-0.1, -0.05) is 12.0 Å². The smallest absolute Gasteiger partial charge is 0.318 e. The van der Waals surface area contributed by atoms with Crippen LogP contribution in [-0.2, 0) is 11.3 Å². The summed E-state index contributed by atoms with van der Waals surface area (Å²) in [6, 6.07) is 1.16. The van der Waals surface area contributed by atoms with Crippen molar-refractivity contribution < 1.29 is 9.15 Å². The van der Waals surface area contributed by atoms with Gasteiger partial charge in [0.2, 0.25) is 5.89 Å². The number of anilines is 1. The molecular weight excluding hydrogens is 256 g/mol. The van der Waals surface area contributed by atoms with Crippen molar-refractivity contribution in [2.45, 2.75) is 45.2 Å². The van der Waals surface area contributed by atoms with Crippen molar-refractivity contribution >= 4 is 6.01 Å². The number of methoxy groups -OCH3 is 1. The summed E-state index contributed by atoms with van der Waals surface area (Å²) >= 11 is 0. The first-order chi connectivity index (χ1) is 9.70. The number of aromatic nitrogens is 2. The van der Waals surface area contributed by atoms with Crippen LogP contribution in [0.15, 0.2) is 4.42 Å². The maximum Gasteiger partial charge on any atom is 0.318 e. The zero-order valence-electron chi connectivity index (χ0n) is 12.8. The van der Waals surface area contributed by atoms with Crippen LogP contribution in [0.3, 0.4) is 0 Å². The van der Waals surface area contributed by atoms with Crippen LogP contribution >= 0.6 is 0 Å². The Labute approximate surface area is 120 Å². The van der Waals surface area contributed by atoms with E-state index >= 15 is 0 Å². The second-order valence-corrected chi connectivity index (χ2v) is 5.67. The van der Waals surface area contributed by atoms with E-state index in [1.807, 2.05) is 0 Å². The molecule has 1 aliphatic rings. The Bertz CT molecular complexity index is 388. The molecule has 1 saturated carbocycles. The highest BCUT2D eigenvalue weighted by Crippen LogP contribution is 2.28. The van der Waals surface area contributed by atoms with Gasteiger partial charge in [0.1, 0.15) is 0 Å². The summed E-state index contributed by atoms with van der Waals surface area (Å²) in [7, 11) is 3.74. The van der Waals surface area contributed by atoms with Crippen LogP contribution in [0.2, 0.25) is 0 Å². The molecule has 0 bridgehead atoms. The number of nitrogens with zero attached hydrogens (tertiary/aromatic N) is 3. The standard InChI is InChI=1S/C14H26N4O2/c1-11-4-6-12(7-5-11)18(2)14-17-16-13(20-14)10-15-8-9-19-3/h11-12,15H,4-10H2,1-3H3. The molecule has 0 aliphatic heterocycles. The second-order valence-electron chi connectivity index (χ2n) is 5.67. The molecular formula is C14H26N4O2. The fourth-order valence-electron chi connectivity index (χ4n) is 2.61. The van der Waals surface area contributed by atoms with E-state index in [2.05, 4.69) is 34.4 Å². The average Bonchev–Trinajstić information content (AvgIpc) is 2.92. The van der Waals surface area contributed by atoms with E-state index in [9.17, 15) is 0 Å². The summed E-state index contributed by atoms with van der Waals surface area (Å²) in [5, 5.41) is 11.4. The van der Waals surface area contributed by atoms with E-state index in [1.54, 1.807) is 7.11 Å². The molecule has 1 aromatic rings. The first-order valence-electron chi connectivity index (χ1n) is 7.45. The maximum absolute atomic E-state index is 5.71. The molecule has 0 spiro atoms. The second kappa shape index (κ2) is 7.59. The Kier molecular flexibility index (Phi) is 5.79. The first-order valence-corrected chi connectivity index (χ1v) is 7.45. The highest BCUT2D eigenvalue weighted by atomic mass is 16.5. The molecule has 20 heavy (non-hydrogen) atoms. The van der Waals surface area contributed by atoms with Gasteiger partial charge in [0.05, 0.1) is 13.2 Å². The molecule has 0 atom stereocenters. The lowest BCUT2D eigenvalue weighted by Gasteiger charge is -2.32. The molecule has 1 fully saturated rings. The van der Waals surface area contributed by atoms with Gasteiger partial charge in [-0.3, -0.25) is 0 Å². The Hall–Kier alpha value is -1.14. The van der Waals surface area contributed by atoms with Crippen molar-refractivity contribution in [2.24, 2.45) is 5.92 Å². The van der Waals surface area contributed by atoms with Crippen molar-refractivity contribution in [3.63, 3.8) is 0 Å². The van der Waals surface area contributed by atoms with E-state index in [0.29, 0.717) is 31.1 Å². The lowest BCUT2D eigenvalue weighted by molar-refractivity contribution is 0.198. The first kappa shape index (κ1) is 15.3. The SMILES string of the molecule is COCCNCc1nnc(N(C)C2CCC(C)CC2)o1. The third kappa shape index (κ3) is 4.18. The Morgan fingerprint density at radius 1 is 1.30 bits per heavy atom. The Morgan fingerprint density at radius 3 is 2.75 bits per heavy atom. The summed E-state index contributed by atoms with van der Waals surface area (Å²) in [4.78, 5) is 2.14. The molecule has 0 radical (unpaired) electrons. The largest absolute Gasteiger partial charge is 0.407 e. The normalized spacial score (nSPS) is 22.9. The van der Waals surface area contributed by atoms with E-state index in [1.165, 1.54) is 25.7 Å². The molecule has 0 saturated heterocycles. The quantitative estimate of drug-likeness (QED) is 0.770. The highest BCUT2D eigenvalue weighted by molar-refractivity contribution is 5.24. The molecule has 1 heterocycles. The fraction of sp³-hybridized carbons (Fsp3) is 0.857. The van der Waals surface area contributed by atoms with Gasteiger partial charge in [0.25, 0.3) is 0 Å². The van der Waals surface area contributed by atoms with Crippen molar-refractivity contribution in [2.75, 3.05) is 32.2 Å². The summed E-state index contributed by atoms with van der Waals surface area (Å²) in [6.45, 7) is 4.38. The molecule has 2 rings (SSSR count). The van der Waals surface area contributed by atoms with Crippen LogP contribution in [0.5, 0.6) is 0 Å². The lowest BCUT2D eigenvalue weighted by Crippen LogP contribution is -2.35. The summed E-state index contributed by atoms with van der Waals surface area (Å²) < 4.78 is 10.7. The summed E-state index contributed by atoms with van der Waals surface area (Å²) in [5.74, 6) is 1.48. The van der Waals surface area contributed by atoms with Gasteiger partial charge < -0.3 is 19.4 Å². The van der Waals surface area contributed by atoms with E-state index in [-0.39, 0.29) is 0 Å². The van der Waals surface area contributed by atoms with E-state index in [0.717, 1.165) is 12.5 Å². The van der Waals surface area contributed by atoms with Gasteiger partial charge in [0.15, 0.2) is 0 Å². The van der Waals surface area contributed by atoms with Crippen molar-refractivity contribution in [1.82, 2.24) is 15.5 Å². The molecule has 1 aliphatic carbocycles. The van der Waals surface area contributed by atoms with Crippen LogP contribution < -0.4 is 10.2 Å². The highest BCUT2D eigenvalue weighted by Gasteiger charge is 2.24. The Morgan fingerprint density at radius 2 is 2.05 bits per heavy atom. The van der Waals surface area contributed by atoms with Gasteiger partial charge in [-0.05, 0) is 31.6 Å². The fourth-order valence-corrected chi connectivity index (χ4v) is 2.61. The molecule has 0 amide bonds. The lowest BCUT2D eigenvalue weighted by atomic mass is 9.87. The van der Waals surface area contributed by atoms with Crippen LogP contribution in [-0.4, -0.2) is 43.5 Å². The van der Waals surface area contributed by atoms with Gasteiger partial charge in [-0.2, -0.15) is 0 Å². The molecule has 0 unspecified atom stereocenters. The van der Waals surface area contributed by atoms with Crippen LogP contribution in [0.25, 0.3) is 0 Å². The van der Waals surface area contributed by atoms with Crippen LogP contribution in [0, 0.1) is 5.92 Å². The van der Waals surface area contributed by atoms with Crippen molar-refractivity contribution in [3.8, 4) is 0 Å². The predicted molar refractivity (Wildman–Crippen MR) is 77.7 cm³/mol. The van der Waals surface area contributed by atoms with E-state index < -0.39 is 0 Å². The molecule has 1 aromatic heterocycles. The number of hydrogen-bond donors (Lipinski definition) is 1. The van der Waals surface area contributed by atoms with Crippen molar-refractivity contribution in [3.05, 3.63) is 5.89 Å². The van der Waals surface area contributed by atoms with Crippen LogP contribution in [0.4, 0.5) is 6.01 Å². The van der Waals surface area contributed by atoms with Gasteiger partial charge in [-0.25, -0.2) is 0 Å². The minimum atomic E-state index is 0.529. The molecule has 0 aromatic carbocycles. The number of hydrogen-bond acceptors (Lipinski definition) is 6. The predicted octanol–water partition coefficient (Wildman–Crippen LogP) is 1.82. The zero-order valence-corrected chi connectivity index (χ0v) is 12.8. The maximum atomic E-state index is 5.71. The summed E-state index contributed by atoms with van der Waals surface area (Å²) in [6.07, 6.45) is 4.99. The molecule has 6 heteroatoms. The average molecular weight is 282 g/mol.